The maximum Gasteiger partial charge on any atom is 0.406 e. The van der Waals surface area contributed by atoms with E-state index in [-0.39, 0.29) is 18.3 Å². The van der Waals surface area contributed by atoms with Gasteiger partial charge in [0.05, 0.1) is 0 Å². The van der Waals surface area contributed by atoms with Gasteiger partial charge in [0.15, 0.2) is 6.61 Å². The Morgan fingerprint density at radius 3 is 2.67 bits per heavy atom. The molecule has 2 aromatic rings. The van der Waals surface area contributed by atoms with Crippen LogP contribution in [0.2, 0.25) is 0 Å². The van der Waals surface area contributed by atoms with Gasteiger partial charge in [-0.3, -0.25) is 4.79 Å². The molecule has 0 bridgehead atoms. The summed E-state index contributed by atoms with van der Waals surface area (Å²) < 4.78 is 5.26. The Bertz CT molecular complexity index is 722. The summed E-state index contributed by atoms with van der Waals surface area (Å²) in [7, 11) is 1.66. The number of ether oxygens (including phenoxy) is 1. The van der Waals surface area contributed by atoms with Gasteiger partial charge in [-0.15, -0.1) is 11.8 Å². The van der Waals surface area contributed by atoms with Crippen molar-refractivity contribution in [2.45, 2.75) is 11.4 Å². The number of nitrogens with zero attached hydrogens (tertiary/aromatic N) is 3. The molecule has 1 aromatic carbocycles. The minimum absolute atomic E-state index is 0.0198. The van der Waals surface area contributed by atoms with Crippen molar-refractivity contribution in [2.75, 3.05) is 19.9 Å². The number of hydrogen-bond donors (Lipinski definition) is 0. The summed E-state index contributed by atoms with van der Waals surface area (Å²) in [4.78, 5) is 28.6. The second-order valence-corrected chi connectivity index (χ2v) is 5.85. The third-order valence-corrected chi connectivity index (χ3v) is 4.02. The van der Waals surface area contributed by atoms with Crippen molar-refractivity contribution in [3.63, 3.8) is 0 Å². The Hall–Kier alpha value is -2.61. The van der Waals surface area contributed by atoms with Gasteiger partial charge in [0, 0.05) is 18.5 Å². The lowest BCUT2D eigenvalue weighted by atomic mass is 10.2. The molecule has 1 heterocycles. The second kappa shape index (κ2) is 8.30. The zero-order chi connectivity index (χ0) is 17.5. The molecule has 0 unspecified atom stereocenters. The fourth-order valence-electron chi connectivity index (χ4n) is 1.97. The average Bonchev–Trinajstić information content (AvgIpc) is 2.60. The molecule has 0 aliphatic carbocycles. The van der Waals surface area contributed by atoms with Crippen LogP contribution in [0, 0.1) is 10.1 Å². The standard InChI is InChI=1S/C16H17N3O4S/c1-18(10-12-5-7-13(24-2)8-6-12)15(20)11-23-14-4-3-9-17-16(14)19(21)22/h3-9H,10-11H2,1-2H3. The van der Waals surface area contributed by atoms with Crippen LogP contribution >= 0.6 is 11.8 Å². The lowest BCUT2D eigenvalue weighted by molar-refractivity contribution is -0.390. The summed E-state index contributed by atoms with van der Waals surface area (Å²) >= 11 is 1.65. The Kier molecular flexibility index (Phi) is 6.14. The van der Waals surface area contributed by atoms with E-state index in [0.29, 0.717) is 6.54 Å². The van der Waals surface area contributed by atoms with Crippen LogP contribution in [0.15, 0.2) is 47.5 Å². The first-order chi connectivity index (χ1) is 11.5. The van der Waals surface area contributed by atoms with Crippen LogP contribution in [0.1, 0.15) is 5.56 Å². The fraction of sp³-hybridized carbons (Fsp3) is 0.250. The number of hydrogen-bond acceptors (Lipinski definition) is 6. The van der Waals surface area contributed by atoms with E-state index in [0.717, 1.165) is 10.5 Å². The first-order valence-corrected chi connectivity index (χ1v) is 8.33. The molecule has 24 heavy (non-hydrogen) atoms. The van der Waals surface area contributed by atoms with Crippen LogP contribution in [-0.2, 0) is 11.3 Å². The lowest BCUT2D eigenvalue weighted by Gasteiger charge is -2.17. The number of pyridine rings is 1. The molecule has 0 saturated heterocycles. The molecule has 0 fully saturated rings. The van der Waals surface area contributed by atoms with Crippen LogP contribution in [0.25, 0.3) is 0 Å². The zero-order valence-corrected chi connectivity index (χ0v) is 14.2. The van der Waals surface area contributed by atoms with E-state index >= 15 is 0 Å². The molecule has 0 radical (unpaired) electrons. The smallest absolute Gasteiger partial charge is 0.406 e. The zero-order valence-electron chi connectivity index (χ0n) is 13.3. The molecule has 0 spiro atoms. The maximum atomic E-state index is 12.1. The van der Waals surface area contributed by atoms with Crippen molar-refractivity contribution >= 4 is 23.5 Å². The van der Waals surface area contributed by atoms with Crippen molar-refractivity contribution in [3.8, 4) is 5.75 Å². The van der Waals surface area contributed by atoms with Gasteiger partial charge in [0.2, 0.25) is 5.75 Å². The molecule has 0 N–H and O–H groups in total. The fourth-order valence-corrected chi connectivity index (χ4v) is 2.38. The second-order valence-electron chi connectivity index (χ2n) is 4.97. The minimum atomic E-state index is -0.642. The summed E-state index contributed by atoms with van der Waals surface area (Å²) in [5, 5.41) is 10.9. The molecular formula is C16H17N3O4S. The van der Waals surface area contributed by atoms with E-state index in [1.54, 1.807) is 18.8 Å². The Morgan fingerprint density at radius 2 is 2.04 bits per heavy atom. The van der Waals surface area contributed by atoms with Gasteiger partial charge >= 0.3 is 5.82 Å². The highest BCUT2D eigenvalue weighted by molar-refractivity contribution is 7.98. The quantitative estimate of drug-likeness (QED) is 0.435. The van der Waals surface area contributed by atoms with Crippen molar-refractivity contribution in [2.24, 2.45) is 0 Å². The maximum absolute atomic E-state index is 12.1. The van der Waals surface area contributed by atoms with E-state index in [4.69, 9.17) is 4.74 Å². The lowest BCUT2D eigenvalue weighted by Crippen LogP contribution is -2.31. The molecule has 1 aromatic heterocycles. The summed E-state index contributed by atoms with van der Waals surface area (Å²) in [5.41, 5.74) is 0.996. The number of rotatable bonds is 7. The Labute approximate surface area is 143 Å². The number of nitro groups is 1. The number of benzene rings is 1. The molecular weight excluding hydrogens is 330 g/mol. The predicted octanol–water partition coefficient (Wildman–Crippen LogP) is 2.75. The van der Waals surface area contributed by atoms with E-state index in [1.165, 1.54) is 23.2 Å². The van der Waals surface area contributed by atoms with E-state index in [2.05, 4.69) is 4.98 Å². The van der Waals surface area contributed by atoms with Crippen LogP contribution in [0.4, 0.5) is 5.82 Å². The minimum Gasteiger partial charge on any atom is -0.476 e. The highest BCUT2D eigenvalue weighted by Gasteiger charge is 2.18. The average molecular weight is 347 g/mol. The number of thioether (sulfide) groups is 1. The topological polar surface area (TPSA) is 85.6 Å². The summed E-state index contributed by atoms with van der Waals surface area (Å²) in [6, 6.07) is 10.8. The molecule has 0 saturated carbocycles. The van der Waals surface area contributed by atoms with Crippen molar-refractivity contribution in [3.05, 3.63) is 58.3 Å². The summed E-state index contributed by atoms with van der Waals surface area (Å²) in [5.74, 6) is -0.698. The predicted molar refractivity (Wildman–Crippen MR) is 91.1 cm³/mol. The first-order valence-electron chi connectivity index (χ1n) is 7.10. The molecule has 0 atom stereocenters. The highest BCUT2D eigenvalue weighted by atomic mass is 32.2. The van der Waals surface area contributed by atoms with Gasteiger partial charge in [-0.05, 0) is 46.0 Å². The third-order valence-electron chi connectivity index (χ3n) is 3.28. The largest absolute Gasteiger partial charge is 0.476 e. The number of amides is 1. The number of carbonyl (C=O) groups excluding carboxylic acids is 1. The third kappa shape index (κ3) is 4.69. The summed E-state index contributed by atoms with van der Waals surface area (Å²) in [6.07, 6.45) is 3.30. The van der Waals surface area contributed by atoms with Gasteiger partial charge < -0.3 is 19.8 Å². The highest BCUT2D eigenvalue weighted by Crippen LogP contribution is 2.22. The van der Waals surface area contributed by atoms with E-state index in [9.17, 15) is 14.9 Å². The molecule has 2 rings (SSSR count). The van der Waals surface area contributed by atoms with Crippen molar-refractivity contribution in [1.29, 1.82) is 0 Å². The molecule has 126 valence electrons. The van der Waals surface area contributed by atoms with Crippen LogP contribution < -0.4 is 4.74 Å². The molecule has 0 aliphatic heterocycles. The number of carbonyl (C=O) groups is 1. The van der Waals surface area contributed by atoms with Gasteiger partial charge in [0.25, 0.3) is 5.91 Å². The van der Waals surface area contributed by atoms with Crippen LogP contribution in [-0.4, -0.2) is 40.6 Å². The normalized spacial score (nSPS) is 10.2. The van der Waals surface area contributed by atoms with Crippen molar-refractivity contribution in [1.82, 2.24) is 9.88 Å². The van der Waals surface area contributed by atoms with E-state index in [1.807, 2.05) is 30.5 Å². The van der Waals surface area contributed by atoms with Gasteiger partial charge in [-0.1, -0.05) is 12.1 Å². The SMILES string of the molecule is CSc1ccc(CN(C)C(=O)COc2cccnc2[N+](=O)[O-])cc1. The Morgan fingerprint density at radius 1 is 1.33 bits per heavy atom. The van der Waals surface area contributed by atoms with Gasteiger partial charge in [-0.25, -0.2) is 0 Å². The molecule has 7 nitrogen and oxygen atoms in total. The van der Waals surface area contributed by atoms with Crippen LogP contribution in [0.3, 0.4) is 0 Å². The van der Waals surface area contributed by atoms with Gasteiger partial charge in [0.1, 0.15) is 6.20 Å². The number of likely N-dealkylation sites (N-methyl/N-ethyl adjacent to an activating group) is 1. The molecule has 8 heteroatoms. The number of aromatic nitrogens is 1. The van der Waals surface area contributed by atoms with Crippen molar-refractivity contribution < 1.29 is 14.5 Å². The van der Waals surface area contributed by atoms with E-state index < -0.39 is 10.7 Å². The van der Waals surface area contributed by atoms with Gasteiger partial charge in [-0.2, -0.15) is 0 Å². The van der Waals surface area contributed by atoms with Crippen LogP contribution in [0.5, 0.6) is 5.75 Å². The first kappa shape index (κ1) is 17.7. The monoisotopic (exact) mass is 347 g/mol. The molecule has 1 amide bonds. The summed E-state index contributed by atoms with van der Waals surface area (Å²) in [6.45, 7) is 0.151. The molecule has 0 aliphatic rings. The Balaban J connectivity index is 1.93.